The average molecular weight is 413 g/mol. The lowest BCUT2D eigenvalue weighted by Crippen LogP contribution is -2.53. The zero-order valence-electron chi connectivity index (χ0n) is 18.1. The Labute approximate surface area is 178 Å². The maximum atomic E-state index is 12.4. The van der Waals surface area contributed by atoms with Crippen LogP contribution < -0.4 is 10.1 Å². The van der Waals surface area contributed by atoms with Crippen molar-refractivity contribution < 1.29 is 13.9 Å². The third-order valence-electron chi connectivity index (χ3n) is 5.44. The van der Waals surface area contributed by atoms with E-state index in [1.807, 2.05) is 17.0 Å². The second-order valence-electron chi connectivity index (χ2n) is 7.46. The van der Waals surface area contributed by atoms with Crippen molar-refractivity contribution in [3.63, 3.8) is 0 Å². The third-order valence-corrected chi connectivity index (χ3v) is 5.44. The topological polar surface area (TPSA) is 70.3 Å². The van der Waals surface area contributed by atoms with Crippen LogP contribution in [0.5, 0.6) is 5.75 Å². The van der Waals surface area contributed by atoms with Gasteiger partial charge in [0, 0.05) is 39.3 Å². The molecule has 162 valence electrons. The molecule has 1 aromatic carbocycles. The lowest BCUT2D eigenvalue weighted by atomic mass is 9.98. The number of aliphatic imine (C=N–C) groups is 1. The predicted octanol–water partition coefficient (Wildman–Crippen LogP) is 3.21. The molecule has 1 amide bonds. The van der Waals surface area contributed by atoms with Crippen molar-refractivity contribution in [2.75, 3.05) is 46.4 Å². The van der Waals surface area contributed by atoms with Crippen molar-refractivity contribution >= 4 is 11.9 Å². The van der Waals surface area contributed by atoms with Crippen molar-refractivity contribution in [2.45, 2.75) is 26.2 Å². The van der Waals surface area contributed by atoms with Gasteiger partial charge in [0.1, 0.15) is 5.75 Å². The van der Waals surface area contributed by atoms with E-state index < -0.39 is 0 Å². The molecule has 1 fully saturated rings. The number of benzene rings is 1. The second kappa shape index (κ2) is 10.7. The highest BCUT2D eigenvalue weighted by Crippen LogP contribution is 2.21. The first-order chi connectivity index (χ1) is 14.6. The van der Waals surface area contributed by atoms with Gasteiger partial charge in [0.25, 0.3) is 5.91 Å². The van der Waals surface area contributed by atoms with Gasteiger partial charge in [-0.25, -0.2) is 0 Å². The van der Waals surface area contributed by atoms with Gasteiger partial charge in [0.05, 0.1) is 13.4 Å². The minimum Gasteiger partial charge on any atom is -0.497 e. The van der Waals surface area contributed by atoms with E-state index in [-0.39, 0.29) is 5.91 Å². The molecule has 0 bridgehead atoms. The Kier molecular flexibility index (Phi) is 7.76. The average Bonchev–Trinajstić information content (AvgIpc) is 3.33. The quantitative estimate of drug-likeness (QED) is 0.559. The van der Waals surface area contributed by atoms with E-state index in [9.17, 15) is 4.79 Å². The van der Waals surface area contributed by atoms with Crippen molar-refractivity contribution in [3.8, 4) is 5.75 Å². The molecule has 0 spiro atoms. The Morgan fingerprint density at radius 2 is 1.87 bits per heavy atom. The molecule has 2 heterocycles. The number of hydrogen-bond donors (Lipinski definition) is 1. The number of methoxy groups -OCH3 is 1. The molecule has 0 saturated carbocycles. The van der Waals surface area contributed by atoms with Crippen LogP contribution in [0.15, 0.2) is 52.1 Å². The normalized spacial score (nSPS) is 15.8. The highest BCUT2D eigenvalue weighted by atomic mass is 16.5. The van der Waals surface area contributed by atoms with Gasteiger partial charge in [-0.2, -0.15) is 0 Å². The molecule has 1 aliphatic heterocycles. The zero-order chi connectivity index (χ0) is 21.3. The highest BCUT2D eigenvalue weighted by molar-refractivity contribution is 5.91. The summed E-state index contributed by atoms with van der Waals surface area (Å²) in [7, 11) is 1.68. The molecular formula is C23H32N4O3. The van der Waals surface area contributed by atoms with Crippen LogP contribution in [0.3, 0.4) is 0 Å². The first-order valence-corrected chi connectivity index (χ1v) is 10.6. The van der Waals surface area contributed by atoms with Crippen LogP contribution >= 0.6 is 0 Å². The number of guanidine groups is 1. The number of carbonyl (C=O) groups is 1. The Morgan fingerprint density at radius 3 is 2.47 bits per heavy atom. The van der Waals surface area contributed by atoms with E-state index in [1.165, 1.54) is 11.8 Å². The van der Waals surface area contributed by atoms with Gasteiger partial charge in [-0.15, -0.1) is 0 Å². The summed E-state index contributed by atoms with van der Waals surface area (Å²) >= 11 is 0. The lowest BCUT2D eigenvalue weighted by molar-refractivity contribution is 0.0657. The summed E-state index contributed by atoms with van der Waals surface area (Å²) in [4.78, 5) is 21.4. The van der Waals surface area contributed by atoms with Gasteiger partial charge >= 0.3 is 0 Å². The molecule has 0 aliphatic carbocycles. The Hall–Kier alpha value is -2.96. The van der Waals surface area contributed by atoms with Gasteiger partial charge in [0.15, 0.2) is 11.7 Å². The molecule has 1 aromatic heterocycles. The second-order valence-corrected chi connectivity index (χ2v) is 7.46. The molecule has 1 atom stereocenters. The van der Waals surface area contributed by atoms with Crippen LogP contribution in [0.4, 0.5) is 0 Å². The minimum absolute atomic E-state index is 0.0464. The number of nitrogens with one attached hydrogen (secondary N) is 1. The fourth-order valence-electron chi connectivity index (χ4n) is 3.57. The lowest BCUT2D eigenvalue weighted by Gasteiger charge is -2.36. The minimum atomic E-state index is -0.0464. The molecule has 1 aliphatic rings. The first kappa shape index (κ1) is 21.7. The van der Waals surface area contributed by atoms with E-state index in [2.05, 4.69) is 36.2 Å². The molecule has 1 unspecified atom stereocenters. The molecule has 7 nitrogen and oxygen atoms in total. The van der Waals surface area contributed by atoms with Gasteiger partial charge in [0.2, 0.25) is 0 Å². The zero-order valence-corrected chi connectivity index (χ0v) is 18.1. The van der Waals surface area contributed by atoms with Gasteiger partial charge in [-0.05, 0) is 49.1 Å². The van der Waals surface area contributed by atoms with Crippen LogP contribution in [0, 0.1) is 0 Å². The SMILES string of the molecule is CCNC(=NCCC(C)c1ccc(OC)cc1)N1CCN(C(=O)c2ccco2)CC1. The summed E-state index contributed by atoms with van der Waals surface area (Å²) in [6.07, 6.45) is 2.50. The number of rotatable bonds is 7. The molecule has 7 heteroatoms. The number of hydrogen-bond acceptors (Lipinski definition) is 4. The van der Waals surface area contributed by atoms with Crippen molar-refractivity contribution in [1.29, 1.82) is 0 Å². The Morgan fingerprint density at radius 1 is 1.17 bits per heavy atom. The number of nitrogens with zero attached hydrogens (tertiary/aromatic N) is 3. The number of furan rings is 1. The van der Waals surface area contributed by atoms with Crippen LogP contribution in [-0.2, 0) is 0 Å². The van der Waals surface area contributed by atoms with Gasteiger partial charge < -0.3 is 24.3 Å². The van der Waals surface area contributed by atoms with Crippen LogP contribution in [-0.4, -0.2) is 68.0 Å². The van der Waals surface area contributed by atoms with Crippen molar-refractivity contribution in [2.24, 2.45) is 4.99 Å². The van der Waals surface area contributed by atoms with Gasteiger partial charge in [-0.3, -0.25) is 9.79 Å². The summed E-state index contributed by atoms with van der Waals surface area (Å²) in [6, 6.07) is 11.7. The largest absolute Gasteiger partial charge is 0.497 e. The monoisotopic (exact) mass is 412 g/mol. The molecule has 2 aromatic rings. The Bertz CT molecular complexity index is 809. The predicted molar refractivity (Wildman–Crippen MR) is 118 cm³/mol. The summed E-state index contributed by atoms with van der Waals surface area (Å²) in [5.41, 5.74) is 1.29. The van der Waals surface area contributed by atoms with E-state index in [1.54, 1.807) is 19.2 Å². The van der Waals surface area contributed by atoms with E-state index in [0.717, 1.165) is 44.3 Å². The number of ether oxygens (including phenoxy) is 1. The van der Waals surface area contributed by atoms with Crippen molar-refractivity contribution in [1.82, 2.24) is 15.1 Å². The van der Waals surface area contributed by atoms with Crippen LogP contribution in [0.25, 0.3) is 0 Å². The smallest absolute Gasteiger partial charge is 0.289 e. The summed E-state index contributed by atoms with van der Waals surface area (Å²) in [5.74, 6) is 2.57. The number of piperazine rings is 1. The maximum absolute atomic E-state index is 12.4. The summed E-state index contributed by atoms with van der Waals surface area (Å²) < 4.78 is 10.5. The first-order valence-electron chi connectivity index (χ1n) is 10.6. The fraction of sp³-hybridized carbons (Fsp3) is 0.478. The number of carbonyl (C=O) groups excluding carboxylic acids is 1. The summed E-state index contributed by atoms with van der Waals surface area (Å²) in [5, 5.41) is 3.39. The molecule has 30 heavy (non-hydrogen) atoms. The van der Waals surface area contributed by atoms with Crippen molar-refractivity contribution in [3.05, 3.63) is 54.0 Å². The molecule has 1 N–H and O–H groups in total. The fourth-order valence-corrected chi connectivity index (χ4v) is 3.57. The molecule has 1 saturated heterocycles. The summed E-state index contributed by atoms with van der Waals surface area (Å²) in [6.45, 7) is 8.70. The van der Waals surface area contributed by atoms with E-state index >= 15 is 0 Å². The Balaban J connectivity index is 1.52. The molecule has 0 radical (unpaired) electrons. The van der Waals surface area contributed by atoms with E-state index in [4.69, 9.17) is 14.1 Å². The standard InChI is InChI=1S/C23H32N4O3/c1-4-24-23(25-12-11-18(2)19-7-9-20(29-3)10-8-19)27-15-13-26(14-16-27)22(28)21-6-5-17-30-21/h5-10,17-18H,4,11-16H2,1-3H3,(H,24,25). The third kappa shape index (κ3) is 5.55. The highest BCUT2D eigenvalue weighted by Gasteiger charge is 2.25. The molecular weight excluding hydrogens is 380 g/mol. The molecule has 3 rings (SSSR count). The van der Waals surface area contributed by atoms with Crippen LogP contribution in [0.1, 0.15) is 42.3 Å². The maximum Gasteiger partial charge on any atom is 0.289 e. The number of amides is 1. The van der Waals surface area contributed by atoms with Gasteiger partial charge in [-0.1, -0.05) is 19.1 Å². The van der Waals surface area contributed by atoms with Crippen LogP contribution in [0.2, 0.25) is 0 Å². The van der Waals surface area contributed by atoms with E-state index in [0.29, 0.717) is 24.8 Å².